The van der Waals surface area contributed by atoms with E-state index in [1.165, 1.54) is 0 Å². The molecular formula is C15H22N2O3. The van der Waals surface area contributed by atoms with Crippen LogP contribution >= 0.6 is 0 Å². The van der Waals surface area contributed by atoms with Crippen molar-refractivity contribution in [3.63, 3.8) is 0 Å². The van der Waals surface area contributed by atoms with E-state index in [0.29, 0.717) is 12.1 Å². The van der Waals surface area contributed by atoms with Crippen molar-refractivity contribution in [2.45, 2.75) is 26.4 Å². The summed E-state index contributed by atoms with van der Waals surface area (Å²) in [6.45, 7) is 3.80. The van der Waals surface area contributed by atoms with Crippen molar-refractivity contribution in [3.8, 4) is 0 Å². The maximum atomic E-state index is 11.6. The number of benzene rings is 1. The van der Waals surface area contributed by atoms with Gasteiger partial charge in [-0.15, -0.1) is 0 Å². The average Bonchev–Trinajstić information content (AvgIpc) is 2.38. The van der Waals surface area contributed by atoms with Gasteiger partial charge >= 0.3 is 0 Å². The molecule has 0 aliphatic carbocycles. The first-order valence-electron chi connectivity index (χ1n) is 6.59. The van der Waals surface area contributed by atoms with Crippen LogP contribution in [-0.2, 0) is 20.7 Å². The lowest BCUT2D eigenvalue weighted by Gasteiger charge is -2.11. The first-order chi connectivity index (χ1) is 9.38. The summed E-state index contributed by atoms with van der Waals surface area (Å²) in [5.74, 6) is -0.136. The largest absolute Gasteiger partial charge is 0.369 e. The molecule has 0 saturated carbocycles. The van der Waals surface area contributed by atoms with Gasteiger partial charge in [0.25, 0.3) is 0 Å². The topological polar surface area (TPSA) is 58.6 Å². The van der Waals surface area contributed by atoms with E-state index in [2.05, 4.69) is 5.32 Å². The smallest absolute Gasteiger partial charge is 0.250 e. The minimum Gasteiger partial charge on any atom is -0.369 e. The number of anilines is 1. The van der Waals surface area contributed by atoms with Gasteiger partial charge in [-0.25, -0.2) is 0 Å². The quantitative estimate of drug-likeness (QED) is 0.861. The Bertz CT molecular complexity index is 453. The Kier molecular flexibility index (Phi) is 6.18. The molecule has 5 nitrogen and oxygen atoms in total. The fourth-order valence-corrected chi connectivity index (χ4v) is 1.48. The Labute approximate surface area is 119 Å². The van der Waals surface area contributed by atoms with Crippen LogP contribution in [-0.4, -0.2) is 43.5 Å². The number of amides is 2. The number of likely N-dealkylation sites (N-methyl/N-ethyl adjacent to an activating group) is 1. The van der Waals surface area contributed by atoms with E-state index in [1.54, 1.807) is 31.1 Å². The molecule has 5 heteroatoms. The van der Waals surface area contributed by atoms with Crippen LogP contribution in [0.2, 0.25) is 0 Å². The van der Waals surface area contributed by atoms with Gasteiger partial charge in [-0.3, -0.25) is 9.59 Å². The van der Waals surface area contributed by atoms with Crippen molar-refractivity contribution in [3.05, 3.63) is 29.8 Å². The zero-order valence-corrected chi connectivity index (χ0v) is 12.5. The molecular weight excluding hydrogens is 256 g/mol. The van der Waals surface area contributed by atoms with Gasteiger partial charge in [-0.2, -0.15) is 0 Å². The van der Waals surface area contributed by atoms with Crippen LogP contribution in [0.15, 0.2) is 24.3 Å². The molecule has 0 saturated heterocycles. The second-order valence-electron chi connectivity index (χ2n) is 5.07. The molecule has 1 aromatic carbocycles. The molecule has 0 heterocycles. The number of nitrogens with one attached hydrogen (secondary N) is 1. The number of carbonyl (C=O) groups is 2. The first kappa shape index (κ1) is 16.2. The second kappa shape index (κ2) is 7.65. The monoisotopic (exact) mass is 278 g/mol. The summed E-state index contributed by atoms with van der Waals surface area (Å²) in [6.07, 6.45) is 0.387. The number of ether oxygens (including phenoxy) is 1. The summed E-state index contributed by atoms with van der Waals surface area (Å²) >= 11 is 0. The van der Waals surface area contributed by atoms with Crippen LogP contribution in [0.1, 0.15) is 19.4 Å². The lowest BCUT2D eigenvalue weighted by Crippen LogP contribution is -2.23. The van der Waals surface area contributed by atoms with E-state index >= 15 is 0 Å². The molecule has 0 bridgehead atoms. The molecule has 2 amide bonds. The van der Waals surface area contributed by atoms with Crippen LogP contribution in [0.25, 0.3) is 0 Å². The summed E-state index contributed by atoms with van der Waals surface area (Å²) in [5.41, 5.74) is 1.61. The van der Waals surface area contributed by atoms with Crippen LogP contribution in [0.3, 0.4) is 0 Å². The van der Waals surface area contributed by atoms with Crippen molar-refractivity contribution in [2.24, 2.45) is 0 Å². The molecule has 0 aromatic heterocycles. The molecule has 0 aliphatic rings. The minimum atomic E-state index is -0.184. The third-order valence-electron chi connectivity index (χ3n) is 2.64. The predicted molar refractivity (Wildman–Crippen MR) is 78.6 cm³/mol. The van der Waals surface area contributed by atoms with E-state index in [4.69, 9.17) is 4.74 Å². The highest BCUT2D eigenvalue weighted by Gasteiger charge is 2.07. The Morgan fingerprint density at radius 2 is 1.80 bits per heavy atom. The number of hydrogen-bond donors (Lipinski definition) is 1. The highest BCUT2D eigenvalue weighted by molar-refractivity contribution is 5.91. The number of nitrogens with zero attached hydrogens (tertiary/aromatic N) is 1. The van der Waals surface area contributed by atoms with Gasteiger partial charge in [0, 0.05) is 19.8 Å². The van der Waals surface area contributed by atoms with Crippen LogP contribution in [0.5, 0.6) is 0 Å². The van der Waals surface area contributed by atoms with Gasteiger partial charge < -0.3 is 15.0 Å². The number of hydrogen-bond acceptors (Lipinski definition) is 3. The molecule has 1 rings (SSSR count). The van der Waals surface area contributed by atoms with Crippen LogP contribution in [0, 0.1) is 0 Å². The molecule has 110 valence electrons. The normalized spacial score (nSPS) is 10.4. The molecule has 0 radical (unpaired) electrons. The van der Waals surface area contributed by atoms with Gasteiger partial charge in [-0.1, -0.05) is 12.1 Å². The lowest BCUT2D eigenvalue weighted by molar-refractivity contribution is -0.128. The zero-order valence-electron chi connectivity index (χ0n) is 12.5. The summed E-state index contributed by atoms with van der Waals surface area (Å²) < 4.78 is 5.22. The fourth-order valence-electron chi connectivity index (χ4n) is 1.48. The van der Waals surface area contributed by atoms with Crippen molar-refractivity contribution >= 4 is 17.5 Å². The summed E-state index contributed by atoms with van der Waals surface area (Å²) in [4.78, 5) is 24.7. The molecule has 20 heavy (non-hydrogen) atoms. The van der Waals surface area contributed by atoms with E-state index in [1.807, 2.05) is 26.0 Å². The number of rotatable bonds is 6. The van der Waals surface area contributed by atoms with Gasteiger partial charge in [0.2, 0.25) is 11.8 Å². The maximum absolute atomic E-state index is 11.6. The molecule has 1 aromatic rings. The molecule has 0 aliphatic heterocycles. The average molecular weight is 278 g/mol. The predicted octanol–water partition coefficient (Wildman–Crippen LogP) is 1.68. The number of carbonyl (C=O) groups excluding carboxylic acids is 2. The van der Waals surface area contributed by atoms with Gasteiger partial charge in [0.15, 0.2) is 0 Å². The first-order valence-corrected chi connectivity index (χ1v) is 6.59. The van der Waals surface area contributed by atoms with Crippen LogP contribution < -0.4 is 5.32 Å². The van der Waals surface area contributed by atoms with Crippen molar-refractivity contribution in [2.75, 3.05) is 26.0 Å². The van der Waals surface area contributed by atoms with Gasteiger partial charge in [0.1, 0.15) is 6.61 Å². The van der Waals surface area contributed by atoms with E-state index in [0.717, 1.165) is 5.56 Å². The zero-order chi connectivity index (χ0) is 15.1. The summed E-state index contributed by atoms with van der Waals surface area (Å²) in [5, 5.41) is 2.74. The Balaban J connectivity index is 2.50. The van der Waals surface area contributed by atoms with Crippen molar-refractivity contribution < 1.29 is 14.3 Å². The summed E-state index contributed by atoms with van der Waals surface area (Å²) in [6, 6.07) is 7.23. The molecule has 0 spiro atoms. The Morgan fingerprint density at radius 3 is 2.30 bits per heavy atom. The molecule has 1 N–H and O–H groups in total. The third-order valence-corrected chi connectivity index (χ3v) is 2.64. The second-order valence-corrected chi connectivity index (χ2v) is 5.07. The third kappa shape index (κ3) is 5.84. The lowest BCUT2D eigenvalue weighted by atomic mass is 10.1. The van der Waals surface area contributed by atoms with Crippen molar-refractivity contribution in [1.29, 1.82) is 0 Å². The van der Waals surface area contributed by atoms with E-state index < -0.39 is 0 Å². The molecule has 0 atom stereocenters. The highest BCUT2D eigenvalue weighted by Crippen LogP contribution is 2.10. The highest BCUT2D eigenvalue weighted by atomic mass is 16.5. The van der Waals surface area contributed by atoms with E-state index in [9.17, 15) is 9.59 Å². The molecule has 0 unspecified atom stereocenters. The SMILES string of the molecule is CC(C)OCC(=O)Nc1ccc(CC(=O)N(C)C)cc1. The fraction of sp³-hybridized carbons (Fsp3) is 0.467. The molecule has 0 fully saturated rings. The van der Waals surface area contributed by atoms with E-state index in [-0.39, 0.29) is 24.5 Å². The van der Waals surface area contributed by atoms with Gasteiger partial charge in [-0.05, 0) is 31.5 Å². The van der Waals surface area contributed by atoms with Gasteiger partial charge in [0.05, 0.1) is 12.5 Å². The maximum Gasteiger partial charge on any atom is 0.250 e. The van der Waals surface area contributed by atoms with Crippen molar-refractivity contribution in [1.82, 2.24) is 4.90 Å². The summed E-state index contributed by atoms with van der Waals surface area (Å²) in [7, 11) is 3.46. The Morgan fingerprint density at radius 1 is 1.20 bits per heavy atom. The van der Waals surface area contributed by atoms with Crippen LogP contribution in [0.4, 0.5) is 5.69 Å². The standard InChI is InChI=1S/C15H22N2O3/c1-11(2)20-10-14(18)16-13-7-5-12(6-8-13)9-15(19)17(3)4/h5-8,11H,9-10H2,1-4H3,(H,16,18). The minimum absolute atomic E-state index is 0.0279. The Hall–Kier alpha value is -1.88.